The summed E-state index contributed by atoms with van der Waals surface area (Å²) in [4.78, 5) is 0. The molecule has 12 heavy (non-hydrogen) atoms. The maximum Gasteiger partial charge on any atom is 0.0675 e. The van der Waals surface area contributed by atoms with Gasteiger partial charge in [0.15, 0.2) is 0 Å². The van der Waals surface area contributed by atoms with Gasteiger partial charge in [-0.2, -0.15) is 0 Å². The summed E-state index contributed by atoms with van der Waals surface area (Å²) in [5.74, 6) is 2.15. The second-order valence-electron chi connectivity index (χ2n) is 5.31. The normalized spacial score (nSPS) is 39.8. The minimum atomic E-state index is -0.437. The van der Waals surface area contributed by atoms with Gasteiger partial charge in [0.1, 0.15) is 0 Å². The molecule has 1 heteroatoms. The van der Waals surface area contributed by atoms with E-state index in [-0.39, 0.29) is 5.41 Å². The van der Waals surface area contributed by atoms with Crippen LogP contribution in [0, 0.1) is 17.3 Å². The van der Waals surface area contributed by atoms with E-state index in [1.165, 1.54) is 12.3 Å². The molecule has 1 fully saturated rings. The Balaban J connectivity index is 2.54. The van der Waals surface area contributed by atoms with Crippen LogP contribution in [0.4, 0.5) is 0 Å². The molecule has 2 unspecified atom stereocenters. The molecule has 0 aliphatic heterocycles. The van der Waals surface area contributed by atoms with Gasteiger partial charge in [-0.3, -0.25) is 0 Å². The molecule has 1 rings (SSSR count). The lowest BCUT2D eigenvalue weighted by atomic mass is 9.51. The van der Waals surface area contributed by atoms with Crippen LogP contribution in [0.25, 0.3) is 0 Å². The zero-order valence-electron chi connectivity index (χ0n) is 8.94. The molecule has 1 nitrogen and oxygen atoms in total. The van der Waals surface area contributed by atoms with Crippen molar-refractivity contribution in [3.05, 3.63) is 5.92 Å². The fourth-order valence-corrected chi connectivity index (χ4v) is 2.13. The van der Waals surface area contributed by atoms with Gasteiger partial charge >= 0.3 is 0 Å². The molecule has 0 aromatic rings. The van der Waals surface area contributed by atoms with E-state index in [2.05, 4.69) is 27.7 Å². The minimum Gasteiger partial charge on any atom is -0.390 e. The van der Waals surface area contributed by atoms with E-state index in [4.69, 9.17) is 0 Å². The fourth-order valence-electron chi connectivity index (χ4n) is 2.13. The van der Waals surface area contributed by atoms with Crippen LogP contribution in [0.3, 0.4) is 0 Å². The summed E-state index contributed by atoms with van der Waals surface area (Å²) >= 11 is 0. The number of rotatable bonds is 2. The lowest BCUT2D eigenvalue weighted by molar-refractivity contribution is -0.182. The highest BCUT2D eigenvalue weighted by Crippen LogP contribution is 2.56. The molecule has 1 aliphatic carbocycles. The van der Waals surface area contributed by atoms with Crippen LogP contribution in [0.1, 0.15) is 47.5 Å². The molecular weight excluding hydrogens is 148 g/mol. The molecule has 1 aliphatic rings. The summed E-state index contributed by atoms with van der Waals surface area (Å²) in [5, 5.41) is 9.92. The Bertz CT molecular complexity index is 166. The Kier molecular flexibility index (Phi) is 2.28. The second kappa shape index (κ2) is 2.73. The van der Waals surface area contributed by atoms with E-state index in [1.807, 2.05) is 6.92 Å². The Morgan fingerprint density at radius 3 is 2.08 bits per heavy atom. The van der Waals surface area contributed by atoms with E-state index < -0.39 is 5.60 Å². The standard InChI is InChI=1S/C11H21O/c1-8(2)6-9-7-11(5,12)10(9,3)4/h9,12H,6-7H2,1-5H3. The summed E-state index contributed by atoms with van der Waals surface area (Å²) in [5.41, 5.74) is -0.336. The molecule has 0 aromatic heterocycles. The van der Waals surface area contributed by atoms with Gasteiger partial charge in [0.2, 0.25) is 0 Å². The van der Waals surface area contributed by atoms with Crippen molar-refractivity contribution in [1.29, 1.82) is 0 Å². The van der Waals surface area contributed by atoms with Crippen molar-refractivity contribution in [3.63, 3.8) is 0 Å². The SMILES string of the molecule is C[C](C)CC1CC(C)(O)C1(C)C. The maximum absolute atomic E-state index is 9.92. The second-order valence-corrected chi connectivity index (χ2v) is 5.31. The van der Waals surface area contributed by atoms with Crippen LogP contribution in [-0.4, -0.2) is 10.7 Å². The van der Waals surface area contributed by atoms with Gasteiger partial charge < -0.3 is 5.11 Å². The zero-order valence-corrected chi connectivity index (χ0v) is 8.94. The highest BCUT2D eigenvalue weighted by atomic mass is 16.3. The summed E-state index contributed by atoms with van der Waals surface area (Å²) in [7, 11) is 0. The molecule has 1 saturated carbocycles. The lowest BCUT2D eigenvalue weighted by Crippen LogP contribution is -2.58. The largest absolute Gasteiger partial charge is 0.390 e. The topological polar surface area (TPSA) is 20.2 Å². The van der Waals surface area contributed by atoms with Crippen molar-refractivity contribution in [3.8, 4) is 0 Å². The van der Waals surface area contributed by atoms with Crippen LogP contribution >= 0.6 is 0 Å². The average molecular weight is 169 g/mol. The van der Waals surface area contributed by atoms with Gasteiger partial charge in [-0.25, -0.2) is 0 Å². The first-order valence-corrected chi connectivity index (χ1v) is 4.79. The lowest BCUT2D eigenvalue weighted by Gasteiger charge is -2.57. The maximum atomic E-state index is 9.92. The fraction of sp³-hybridized carbons (Fsp3) is 0.909. The van der Waals surface area contributed by atoms with E-state index in [0.29, 0.717) is 5.92 Å². The van der Waals surface area contributed by atoms with Gasteiger partial charge in [-0.15, -0.1) is 0 Å². The molecule has 0 spiro atoms. The van der Waals surface area contributed by atoms with Gasteiger partial charge in [-0.1, -0.05) is 27.7 Å². The van der Waals surface area contributed by atoms with E-state index >= 15 is 0 Å². The highest BCUT2D eigenvalue weighted by molar-refractivity contribution is 5.08. The molecular formula is C11H21O. The molecule has 2 atom stereocenters. The third-order valence-electron chi connectivity index (χ3n) is 3.71. The third-order valence-corrected chi connectivity index (χ3v) is 3.71. The first kappa shape index (κ1) is 10.0. The predicted octanol–water partition coefficient (Wildman–Crippen LogP) is 2.79. The Morgan fingerprint density at radius 1 is 1.33 bits per heavy atom. The molecule has 71 valence electrons. The molecule has 0 heterocycles. The molecule has 1 N–H and O–H groups in total. The molecule has 0 saturated heterocycles. The van der Waals surface area contributed by atoms with E-state index in [1.54, 1.807) is 0 Å². The molecule has 0 amide bonds. The Morgan fingerprint density at radius 2 is 1.83 bits per heavy atom. The molecule has 1 radical (unpaired) electrons. The van der Waals surface area contributed by atoms with Crippen LogP contribution in [0.5, 0.6) is 0 Å². The minimum absolute atomic E-state index is 0.101. The zero-order chi connectivity index (χ0) is 9.57. The van der Waals surface area contributed by atoms with E-state index in [9.17, 15) is 5.11 Å². The third kappa shape index (κ3) is 1.39. The van der Waals surface area contributed by atoms with Crippen LogP contribution in [0.15, 0.2) is 0 Å². The van der Waals surface area contributed by atoms with Crippen molar-refractivity contribution >= 4 is 0 Å². The highest BCUT2D eigenvalue weighted by Gasteiger charge is 2.55. The molecule has 0 bridgehead atoms. The summed E-state index contributed by atoms with van der Waals surface area (Å²) in [6, 6.07) is 0. The van der Waals surface area contributed by atoms with Crippen molar-refractivity contribution in [2.24, 2.45) is 11.3 Å². The van der Waals surface area contributed by atoms with Crippen LogP contribution < -0.4 is 0 Å². The summed E-state index contributed by atoms with van der Waals surface area (Å²) in [6.07, 6.45) is 2.13. The van der Waals surface area contributed by atoms with Crippen LogP contribution in [0.2, 0.25) is 0 Å². The van der Waals surface area contributed by atoms with Gasteiger partial charge in [-0.05, 0) is 37.0 Å². The summed E-state index contributed by atoms with van der Waals surface area (Å²) < 4.78 is 0. The van der Waals surface area contributed by atoms with E-state index in [0.717, 1.165) is 6.42 Å². The van der Waals surface area contributed by atoms with Crippen molar-refractivity contribution < 1.29 is 5.11 Å². The van der Waals surface area contributed by atoms with Crippen molar-refractivity contribution in [1.82, 2.24) is 0 Å². The number of hydrogen-bond acceptors (Lipinski definition) is 1. The van der Waals surface area contributed by atoms with Gasteiger partial charge in [0, 0.05) is 0 Å². The van der Waals surface area contributed by atoms with Gasteiger partial charge in [0.25, 0.3) is 0 Å². The molecule has 0 aromatic carbocycles. The smallest absolute Gasteiger partial charge is 0.0675 e. The van der Waals surface area contributed by atoms with Crippen molar-refractivity contribution in [2.45, 2.75) is 53.1 Å². The number of aliphatic hydroxyl groups is 1. The first-order chi connectivity index (χ1) is 5.27. The average Bonchev–Trinajstić information content (AvgIpc) is 1.85. The van der Waals surface area contributed by atoms with Crippen molar-refractivity contribution in [2.75, 3.05) is 0 Å². The quantitative estimate of drug-likeness (QED) is 0.674. The number of hydrogen-bond donors (Lipinski definition) is 1. The Hall–Kier alpha value is -0.0400. The first-order valence-electron chi connectivity index (χ1n) is 4.79. The summed E-state index contributed by atoms with van der Waals surface area (Å²) in [6.45, 7) is 10.6. The van der Waals surface area contributed by atoms with Gasteiger partial charge in [0.05, 0.1) is 5.60 Å². The monoisotopic (exact) mass is 169 g/mol. The Labute approximate surface area is 76.2 Å². The van der Waals surface area contributed by atoms with Crippen LogP contribution in [-0.2, 0) is 0 Å². The predicted molar refractivity (Wildman–Crippen MR) is 51.7 cm³/mol.